The van der Waals surface area contributed by atoms with Crippen molar-refractivity contribution >= 4 is 23.5 Å². The lowest BCUT2D eigenvalue weighted by atomic mass is 10.5. The van der Waals surface area contributed by atoms with E-state index in [4.69, 9.17) is 9.47 Å². The first-order valence-corrected chi connectivity index (χ1v) is 7.27. The maximum absolute atomic E-state index is 5.60. The van der Waals surface area contributed by atoms with Crippen LogP contribution in [0.1, 0.15) is 13.8 Å². The Labute approximate surface area is 101 Å². The summed E-state index contributed by atoms with van der Waals surface area (Å²) in [7, 11) is 2.08. The van der Waals surface area contributed by atoms with Gasteiger partial charge in [0.25, 0.3) is 0 Å². The molecular formula is C10H19NO2S2. The molecule has 0 N–H and O–H groups in total. The van der Waals surface area contributed by atoms with Crippen LogP contribution in [-0.2, 0) is 9.47 Å². The van der Waals surface area contributed by atoms with Crippen LogP contribution in [0.25, 0.3) is 0 Å². The lowest BCUT2D eigenvalue weighted by Gasteiger charge is -2.30. The molecule has 1 aliphatic heterocycles. The van der Waals surface area contributed by atoms with E-state index in [0.29, 0.717) is 13.2 Å². The second-order valence-electron chi connectivity index (χ2n) is 3.08. The third-order valence-electron chi connectivity index (χ3n) is 2.14. The van der Waals surface area contributed by atoms with Gasteiger partial charge in [-0.2, -0.15) is 0 Å². The number of nitrogens with zero attached hydrogens (tertiary/aromatic N) is 1. The normalized spacial score (nSPS) is 21.3. The average molecular weight is 249 g/mol. The highest BCUT2D eigenvalue weighted by Gasteiger charge is 2.31. The summed E-state index contributed by atoms with van der Waals surface area (Å²) in [5.41, 5.74) is 0. The summed E-state index contributed by atoms with van der Waals surface area (Å²) in [6.45, 7) is 5.36. The summed E-state index contributed by atoms with van der Waals surface area (Å²) >= 11 is 3.52. The SMILES string of the molecule is CCOC(OCC)C1SC=C(SC)N1C. The molecule has 0 aliphatic carbocycles. The molecule has 15 heavy (non-hydrogen) atoms. The molecule has 88 valence electrons. The smallest absolute Gasteiger partial charge is 0.187 e. The molecular weight excluding hydrogens is 230 g/mol. The number of ether oxygens (including phenoxy) is 2. The van der Waals surface area contributed by atoms with Crippen LogP contribution in [0.3, 0.4) is 0 Å². The topological polar surface area (TPSA) is 21.7 Å². The summed E-state index contributed by atoms with van der Waals surface area (Å²) in [6, 6.07) is 0. The molecule has 0 amide bonds. The number of rotatable bonds is 6. The highest BCUT2D eigenvalue weighted by Crippen LogP contribution is 2.37. The maximum Gasteiger partial charge on any atom is 0.187 e. The van der Waals surface area contributed by atoms with E-state index >= 15 is 0 Å². The van der Waals surface area contributed by atoms with Gasteiger partial charge in [-0.25, -0.2) is 0 Å². The van der Waals surface area contributed by atoms with E-state index in [2.05, 4.69) is 23.6 Å². The molecule has 0 saturated heterocycles. The van der Waals surface area contributed by atoms with Crippen LogP contribution < -0.4 is 0 Å². The van der Waals surface area contributed by atoms with Crippen molar-refractivity contribution in [1.82, 2.24) is 4.90 Å². The van der Waals surface area contributed by atoms with E-state index in [1.54, 1.807) is 23.5 Å². The van der Waals surface area contributed by atoms with Crippen LogP contribution in [0.4, 0.5) is 0 Å². The molecule has 0 spiro atoms. The Morgan fingerprint density at radius 3 is 2.47 bits per heavy atom. The Kier molecular flexibility index (Phi) is 5.89. The largest absolute Gasteiger partial charge is 0.352 e. The van der Waals surface area contributed by atoms with E-state index in [9.17, 15) is 0 Å². The predicted molar refractivity (Wildman–Crippen MR) is 67.8 cm³/mol. The quantitative estimate of drug-likeness (QED) is 0.673. The Bertz CT molecular complexity index is 217. The van der Waals surface area contributed by atoms with E-state index < -0.39 is 0 Å². The Morgan fingerprint density at radius 1 is 1.47 bits per heavy atom. The first-order valence-electron chi connectivity index (χ1n) is 5.10. The molecule has 1 heterocycles. The molecule has 0 aromatic carbocycles. The summed E-state index contributed by atoms with van der Waals surface area (Å²) in [5, 5.41) is 3.68. The van der Waals surface area contributed by atoms with Gasteiger partial charge in [-0.3, -0.25) is 0 Å². The van der Waals surface area contributed by atoms with E-state index in [0.717, 1.165) is 0 Å². The van der Waals surface area contributed by atoms with Crippen molar-refractivity contribution < 1.29 is 9.47 Å². The Morgan fingerprint density at radius 2 is 2.07 bits per heavy atom. The zero-order valence-corrected chi connectivity index (χ0v) is 11.4. The molecule has 0 fully saturated rings. The van der Waals surface area contributed by atoms with Crippen molar-refractivity contribution in [2.75, 3.05) is 26.5 Å². The van der Waals surface area contributed by atoms with E-state index in [1.807, 2.05) is 13.8 Å². The van der Waals surface area contributed by atoms with Crippen LogP contribution in [-0.4, -0.2) is 43.1 Å². The number of hydrogen-bond acceptors (Lipinski definition) is 5. The molecule has 0 aromatic rings. The lowest BCUT2D eigenvalue weighted by molar-refractivity contribution is -0.149. The van der Waals surface area contributed by atoms with Crippen LogP contribution in [0.15, 0.2) is 10.4 Å². The summed E-state index contributed by atoms with van der Waals surface area (Å²) in [4.78, 5) is 2.21. The standard InChI is InChI=1S/C10H19NO2S2/c1-5-12-10(13-6-2)9-11(3)8(14-4)7-15-9/h7,9-10H,5-6H2,1-4H3. The predicted octanol–water partition coefficient (Wildman–Crippen LogP) is 2.55. The number of hydrogen-bond donors (Lipinski definition) is 0. The van der Waals surface area contributed by atoms with Crippen LogP contribution >= 0.6 is 23.5 Å². The first kappa shape index (κ1) is 13.2. The van der Waals surface area contributed by atoms with Gasteiger partial charge in [-0.1, -0.05) is 0 Å². The molecule has 1 rings (SSSR count). The first-order chi connectivity index (χ1) is 7.24. The van der Waals surface area contributed by atoms with Gasteiger partial charge in [0.2, 0.25) is 0 Å². The van der Waals surface area contributed by atoms with Crippen molar-refractivity contribution in [1.29, 1.82) is 0 Å². The van der Waals surface area contributed by atoms with Crippen LogP contribution in [0.2, 0.25) is 0 Å². The fraction of sp³-hybridized carbons (Fsp3) is 0.800. The minimum absolute atomic E-state index is 0.143. The van der Waals surface area contributed by atoms with Crippen molar-refractivity contribution in [3.63, 3.8) is 0 Å². The lowest BCUT2D eigenvalue weighted by Crippen LogP contribution is -2.38. The summed E-state index contributed by atoms with van der Waals surface area (Å²) < 4.78 is 11.2. The molecule has 1 unspecified atom stereocenters. The minimum Gasteiger partial charge on any atom is -0.352 e. The third-order valence-corrected chi connectivity index (χ3v) is 4.29. The fourth-order valence-corrected chi connectivity index (χ4v) is 3.43. The highest BCUT2D eigenvalue weighted by atomic mass is 32.2. The molecule has 0 radical (unpaired) electrons. The second kappa shape index (κ2) is 6.68. The highest BCUT2D eigenvalue weighted by molar-refractivity contribution is 8.06. The van der Waals surface area contributed by atoms with Crippen molar-refractivity contribution in [2.24, 2.45) is 0 Å². The molecule has 0 bridgehead atoms. The molecule has 1 atom stereocenters. The van der Waals surface area contributed by atoms with Gasteiger partial charge in [0.05, 0.1) is 5.03 Å². The molecule has 0 aromatic heterocycles. The second-order valence-corrected chi connectivity index (χ2v) is 4.89. The van der Waals surface area contributed by atoms with Crippen molar-refractivity contribution in [2.45, 2.75) is 25.5 Å². The monoisotopic (exact) mass is 249 g/mol. The van der Waals surface area contributed by atoms with Gasteiger partial charge < -0.3 is 14.4 Å². The van der Waals surface area contributed by atoms with E-state index in [-0.39, 0.29) is 11.7 Å². The summed E-state index contributed by atoms with van der Waals surface area (Å²) in [5.74, 6) is 0. The van der Waals surface area contributed by atoms with Gasteiger partial charge in [0.1, 0.15) is 5.37 Å². The van der Waals surface area contributed by atoms with Gasteiger partial charge in [-0.15, -0.1) is 23.5 Å². The van der Waals surface area contributed by atoms with Gasteiger partial charge in [0, 0.05) is 25.7 Å². The zero-order chi connectivity index (χ0) is 11.3. The zero-order valence-electron chi connectivity index (χ0n) is 9.73. The third kappa shape index (κ3) is 3.31. The van der Waals surface area contributed by atoms with Gasteiger partial charge in [-0.05, 0) is 20.1 Å². The minimum atomic E-state index is -0.143. The molecule has 0 saturated carbocycles. The Hall–Kier alpha value is 0.160. The molecule has 3 nitrogen and oxygen atoms in total. The Balaban J connectivity index is 2.55. The summed E-state index contributed by atoms with van der Waals surface area (Å²) in [6.07, 6.45) is 1.94. The van der Waals surface area contributed by atoms with Crippen molar-refractivity contribution in [3.05, 3.63) is 10.4 Å². The van der Waals surface area contributed by atoms with Crippen LogP contribution in [0.5, 0.6) is 0 Å². The fourth-order valence-electron chi connectivity index (χ4n) is 1.41. The van der Waals surface area contributed by atoms with Crippen molar-refractivity contribution in [3.8, 4) is 0 Å². The average Bonchev–Trinajstić information content (AvgIpc) is 2.59. The van der Waals surface area contributed by atoms with Crippen LogP contribution in [0, 0.1) is 0 Å². The number of thioether (sulfide) groups is 2. The molecule has 1 aliphatic rings. The van der Waals surface area contributed by atoms with E-state index in [1.165, 1.54) is 5.03 Å². The maximum atomic E-state index is 5.60. The molecule has 5 heteroatoms. The van der Waals surface area contributed by atoms with Gasteiger partial charge in [0.15, 0.2) is 6.29 Å². The number of likely N-dealkylation sites (N-methyl/N-ethyl adjacent to an activating group) is 1. The van der Waals surface area contributed by atoms with Gasteiger partial charge >= 0.3 is 0 Å².